The molecule has 5 heteroatoms. The van der Waals surface area contributed by atoms with Gasteiger partial charge in [0.15, 0.2) is 0 Å². The van der Waals surface area contributed by atoms with Gasteiger partial charge in [0.1, 0.15) is 11.6 Å². The van der Waals surface area contributed by atoms with Gasteiger partial charge in [0.2, 0.25) is 0 Å². The van der Waals surface area contributed by atoms with Gasteiger partial charge < -0.3 is 0 Å². The van der Waals surface area contributed by atoms with E-state index in [2.05, 4.69) is 21.4 Å². The third kappa shape index (κ3) is 2.67. The zero-order valence-electron chi connectivity index (χ0n) is 9.35. The summed E-state index contributed by atoms with van der Waals surface area (Å²) < 4.78 is 28.1. The van der Waals surface area contributed by atoms with E-state index in [1.54, 1.807) is 0 Å². The van der Waals surface area contributed by atoms with Gasteiger partial charge in [-0.25, -0.2) is 8.78 Å². The monoisotopic (exact) mass is 304 g/mol. The number of halogens is 3. The van der Waals surface area contributed by atoms with Crippen LogP contribution in [0.2, 0.25) is 0 Å². The van der Waals surface area contributed by atoms with Gasteiger partial charge in [0, 0.05) is 10.0 Å². The van der Waals surface area contributed by atoms with Crippen LogP contribution in [0.4, 0.5) is 8.78 Å². The van der Waals surface area contributed by atoms with Crippen molar-refractivity contribution >= 4 is 15.9 Å². The minimum Gasteiger partial charge on any atom is -0.271 e. The minimum absolute atomic E-state index is 0.0580. The average molecular weight is 305 g/mol. The zero-order valence-corrected chi connectivity index (χ0v) is 10.9. The van der Waals surface area contributed by atoms with Crippen molar-refractivity contribution < 1.29 is 8.78 Å². The van der Waals surface area contributed by atoms with E-state index in [1.807, 2.05) is 0 Å². The fourth-order valence-corrected chi connectivity index (χ4v) is 3.00. The van der Waals surface area contributed by atoms with Gasteiger partial charge in [-0.1, -0.05) is 28.8 Å². The van der Waals surface area contributed by atoms with Crippen molar-refractivity contribution in [3.8, 4) is 0 Å². The molecule has 0 heterocycles. The third-order valence-corrected chi connectivity index (χ3v) is 3.86. The molecule has 1 saturated carbocycles. The number of hydrazine groups is 1. The quantitative estimate of drug-likeness (QED) is 0.663. The molecule has 0 aromatic heterocycles. The molecule has 94 valence electrons. The summed E-state index contributed by atoms with van der Waals surface area (Å²) in [5.74, 6) is 4.58. The maximum Gasteiger partial charge on any atom is 0.132 e. The van der Waals surface area contributed by atoms with Crippen LogP contribution in [0.3, 0.4) is 0 Å². The number of nitrogens with one attached hydrogen (secondary N) is 1. The van der Waals surface area contributed by atoms with Crippen molar-refractivity contribution in [2.24, 2.45) is 11.8 Å². The first-order valence-corrected chi connectivity index (χ1v) is 6.53. The number of hydrogen-bond acceptors (Lipinski definition) is 2. The molecule has 0 spiro atoms. The van der Waals surface area contributed by atoms with Crippen LogP contribution < -0.4 is 11.3 Å². The van der Waals surface area contributed by atoms with Crippen molar-refractivity contribution in [2.45, 2.75) is 31.7 Å². The Bertz CT molecular complexity index is 382. The molecule has 1 atom stereocenters. The maximum atomic E-state index is 13.8. The van der Waals surface area contributed by atoms with E-state index in [1.165, 1.54) is 12.1 Å². The normalized spacial score (nSPS) is 18.6. The molecule has 1 unspecified atom stereocenters. The number of benzene rings is 1. The van der Waals surface area contributed by atoms with Gasteiger partial charge in [-0.3, -0.25) is 11.3 Å². The van der Waals surface area contributed by atoms with Crippen molar-refractivity contribution in [1.82, 2.24) is 5.43 Å². The van der Waals surface area contributed by atoms with Gasteiger partial charge in [-0.05, 0) is 30.9 Å². The zero-order chi connectivity index (χ0) is 12.4. The molecule has 1 aliphatic rings. The Morgan fingerprint density at radius 3 is 2.24 bits per heavy atom. The summed E-state index contributed by atoms with van der Waals surface area (Å²) in [6.07, 6.45) is 4.12. The molecule has 0 radical (unpaired) electrons. The molecule has 0 amide bonds. The Hall–Kier alpha value is -0.520. The van der Waals surface area contributed by atoms with Crippen LogP contribution in [0, 0.1) is 17.6 Å². The van der Waals surface area contributed by atoms with E-state index in [9.17, 15) is 8.78 Å². The Balaban J connectivity index is 2.36. The SMILES string of the molecule is NNC(c1c(F)cc(Br)cc1F)C1CCCC1. The van der Waals surface area contributed by atoms with Crippen molar-refractivity contribution in [2.75, 3.05) is 0 Å². The lowest BCUT2D eigenvalue weighted by atomic mass is 9.91. The summed E-state index contributed by atoms with van der Waals surface area (Å²) in [6, 6.07) is 2.11. The van der Waals surface area contributed by atoms with E-state index in [0.717, 1.165) is 25.7 Å². The molecular weight excluding hydrogens is 290 g/mol. The van der Waals surface area contributed by atoms with Crippen LogP contribution in [0.1, 0.15) is 37.3 Å². The lowest BCUT2D eigenvalue weighted by Gasteiger charge is -2.24. The molecular formula is C12H15BrF2N2. The highest BCUT2D eigenvalue weighted by molar-refractivity contribution is 9.10. The molecule has 3 N–H and O–H groups in total. The Morgan fingerprint density at radius 2 is 1.76 bits per heavy atom. The number of hydrogen-bond donors (Lipinski definition) is 2. The summed E-state index contributed by atoms with van der Waals surface area (Å²) >= 11 is 3.07. The molecule has 1 aromatic carbocycles. The second kappa shape index (κ2) is 5.42. The number of nitrogens with two attached hydrogens (primary N) is 1. The largest absolute Gasteiger partial charge is 0.271 e. The molecule has 0 bridgehead atoms. The molecule has 2 rings (SSSR count). The summed E-state index contributed by atoms with van der Waals surface area (Å²) in [6.45, 7) is 0. The fraction of sp³-hybridized carbons (Fsp3) is 0.500. The van der Waals surface area contributed by atoms with Gasteiger partial charge in [0.05, 0.1) is 6.04 Å². The second-order valence-electron chi connectivity index (χ2n) is 4.47. The minimum atomic E-state index is -0.549. The van der Waals surface area contributed by atoms with Crippen LogP contribution in [0.5, 0.6) is 0 Å². The predicted octanol–water partition coefficient (Wildman–Crippen LogP) is 3.42. The molecule has 2 nitrogen and oxygen atoms in total. The van der Waals surface area contributed by atoms with Gasteiger partial charge >= 0.3 is 0 Å². The standard InChI is InChI=1S/C12H15BrF2N2/c13-8-5-9(14)11(10(15)6-8)12(17-16)7-3-1-2-4-7/h5-7,12,17H,1-4,16H2. The van der Waals surface area contributed by atoms with Gasteiger partial charge in [-0.2, -0.15) is 0 Å². The maximum absolute atomic E-state index is 13.8. The molecule has 0 saturated heterocycles. The third-order valence-electron chi connectivity index (χ3n) is 3.41. The molecule has 0 aliphatic heterocycles. The Kier molecular flexibility index (Phi) is 4.12. The molecule has 1 aromatic rings. The fourth-order valence-electron chi connectivity index (χ4n) is 2.60. The van der Waals surface area contributed by atoms with Crippen LogP contribution in [0.15, 0.2) is 16.6 Å². The van der Waals surface area contributed by atoms with Crippen molar-refractivity contribution in [1.29, 1.82) is 0 Å². The van der Waals surface area contributed by atoms with E-state index in [0.29, 0.717) is 4.47 Å². The van der Waals surface area contributed by atoms with Crippen LogP contribution in [0.25, 0.3) is 0 Å². The highest BCUT2D eigenvalue weighted by atomic mass is 79.9. The first kappa shape index (κ1) is 12.9. The first-order valence-electron chi connectivity index (χ1n) is 5.74. The number of rotatable bonds is 3. The second-order valence-corrected chi connectivity index (χ2v) is 5.39. The summed E-state index contributed by atoms with van der Waals surface area (Å²) in [5, 5.41) is 0. The molecule has 1 fully saturated rings. The molecule has 17 heavy (non-hydrogen) atoms. The average Bonchev–Trinajstić information content (AvgIpc) is 2.76. The lowest BCUT2D eigenvalue weighted by molar-refractivity contribution is 0.349. The lowest BCUT2D eigenvalue weighted by Crippen LogP contribution is -2.34. The summed E-state index contributed by atoms with van der Waals surface area (Å²) in [7, 11) is 0. The summed E-state index contributed by atoms with van der Waals surface area (Å²) in [4.78, 5) is 0. The van der Waals surface area contributed by atoms with Crippen LogP contribution in [-0.2, 0) is 0 Å². The van der Waals surface area contributed by atoms with Gasteiger partial charge in [-0.15, -0.1) is 0 Å². The smallest absolute Gasteiger partial charge is 0.132 e. The van der Waals surface area contributed by atoms with Crippen molar-refractivity contribution in [3.05, 3.63) is 33.8 Å². The van der Waals surface area contributed by atoms with Crippen LogP contribution >= 0.6 is 15.9 Å². The van der Waals surface area contributed by atoms with E-state index >= 15 is 0 Å². The van der Waals surface area contributed by atoms with E-state index in [4.69, 9.17) is 5.84 Å². The Labute approximate surface area is 108 Å². The Morgan fingerprint density at radius 1 is 1.24 bits per heavy atom. The topological polar surface area (TPSA) is 38.0 Å². The summed E-state index contributed by atoms with van der Waals surface area (Å²) in [5.41, 5.74) is 2.62. The van der Waals surface area contributed by atoms with Crippen molar-refractivity contribution in [3.63, 3.8) is 0 Å². The first-order chi connectivity index (χ1) is 8.13. The highest BCUT2D eigenvalue weighted by Gasteiger charge is 2.29. The van der Waals surface area contributed by atoms with Crippen LogP contribution in [-0.4, -0.2) is 0 Å². The van der Waals surface area contributed by atoms with Gasteiger partial charge in [0.25, 0.3) is 0 Å². The highest BCUT2D eigenvalue weighted by Crippen LogP contribution is 2.37. The predicted molar refractivity (Wildman–Crippen MR) is 66.1 cm³/mol. The molecule has 1 aliphatic carbocycles. The van der Waals surface area contributed by atoms with E-state index < -0.39 is 17.7 Å². The van der Waals surface area contributed by atoms with E-state index in [-0.39, 0.29) is 11.5 Å².